The van der Waals surface area contributed by atoms with E-state index in [2.05, 4.69) is 4.99 Å². The van der Waals surface area contributed by atoms with Gasteiger partial charge in [0.15, 0.2) is 0 Å². The number of hydrogen-bond donors (Lipinski definition) is 2. The van der Waals surface area contributed by atoms with Gasteiger partial charge in [-0.25, -0.2) is 4.79 Å². The molecule has 0 amide bonds. The van der Waals surface area contributed by atoms with E-state index in [-0.39, 0.29) is 5.57 Å². The molecule has 0 aromatic rings. The Kier molecular flexibility index (Phi) is 3.06. The van der Waals surface area contributed by atoms with Crippen molar-refractivity contribution in [2.45, 2.75) is 19.3 Å². The summed E-state index contributed by atoms with van der Waals surface area (Å²) < 4.78 is 0. The van der Waals surface area contributed by atoms with E-state index >= 15 is 0 Å². The van der Waals surface area contributed by atoms with Crippen LogP contribution in [-0.2, 0) is 4.79 Å². The molecule has 4 heteroatoms. The second-order valence-corrected chi connectivity index (χ2v) is 3.28. The van der Waals surface area contributed by atoms with Crippen molar-refractivity contribution in [2.75, 3.05) is 7.05 Å². The van der Waals surface area contributed by atoms with Crippen LogP contribution in [0.4, 0.5) is 0 Å². The van der Waals surface area contributed by atoms with Gasteiger partial charge in [-0.3, -0.25) is 4.99 Å². The van der Waals surface area contributed by atoms with E-state index in [0.29, 0.717) is 18.0 Å². The minimum atomic E-state index is -0.997. The third-order valence-corrected chi connectivity index (χ3v) is 2.04. The van der Waals surface area contributed by atoms with Crippen molar-refractivity contribution in [3.05, 3.63) is 11.3 Å². The molecule has 1 fully saturated rings. The van der Waals surface area contributed by atoms with Crippen LogP contribution in [0.1, 0.15) is 19.3 Å². The summed E-state index contributed by atoms with van der Waals surface area (Å²) in [4.78, 5) is 14.4. The van der Waals surface area contributed by atoms with Crippen molar-refractivity contribution in [3.8, 4) is 0 Å². The van der Waals surface area contributed by atoms with Crippen molar-refractivity contribution in [1.82, 2.24) is 0 Å². The molecule has 0 radical (unpaired) electrons. The minimum absolute atomic E-state index is 0.134. The van der Waals surface area contributed by atoms with Gasteiger partial charge >= 0.3 is 5.97 Å². The Morgan fingerprint density at radius 2 is 2.31 bits per heavy atom. The van der Waals surface area contributed by atoms with Gasteiger partial charge in [0, 0.05) is 19.0 Å². The predicted octanol–water partition coefficient (Wildman–Crippen LogP) is 0.784. The van der Waals surface area contributed by atoms with Crippen molar-refractivity contribution in [2.24, 2.45) is 16.6 Å². The smallest absolute Gasteiger partial charge is 0.339 e. The van der Waals surface area contributed by atoms with Crippen LogP contribution in [0.3, 0.4) is 0 Å². The third-order valence-electron chi connectivity index (χ3n) is 2.04. The summed E-state index contributed by atoms with van der Waals surface area (Å²) in [5, 5.41) is 8.78. The number of rotatable bonds is 4. The number of allylic oxidation sites excluding steroid dienone is 1. The molecule has 0 aliphatic heterocycles. The molecule has 1 aliphatic carbocycles. The maximum atomic E-state index is 10.7. The number of carbonyl (C=O) groups is 1. The zero-order valence-electron chi connectivity index (χ0n) is 7.66. The number of carboxylic acid groups (broad SMARTS) is 1. The molecular weight excluding hydrogens is 168 g/mol. The molecule has 0 saturated heterocycles. The Labute approximate surface area is 77.2 Å². The lowest BCUT2D eigenvalue weighted by atomic mass is 10.1. The number of aliphatic imine (C=N–C) groups is 1. The van der Waals surface area contributed by atoms with Gasteiger partial charge in [-0.05, 0) is 25.2 Å². The molecule has 0 heterocycles. The molecule has 0 aromatic carbocycles. The van der Waals surface area contributed by atoms with Crippen LogP contribution in [0.25, 0.3) is 0 Å². The van der Waals surface area contributed by atoms with E-state index in [1.165, 1.54) is 13.3 Å². The van der Waals surface area contributed by atoms with Crippen molar-refractivity contribution >= 4 is 12.2 Å². The molecule has 1 saturated carbocycles. The Morgan fingerprint density at radius 3 is 2.69 bits per heavy atom. The highest BCUT2D eigenvalue weighted by Crippen LogP contribution is 2.34. The summed E-state index contributed by atoms with van der Waals surface area (Å²) >= 11 is 0. The highest BCUT2D eigenvalue weighted by molar-refractivity contribution is 6.09. The fraction of sp³-hybridized carbons (Fsp3) is 0.556. The Bertz CT molecular complexity index is 265. The zero-order chi connectivity index (χ0) is 9.84. The fourth-order valence-electron chi connectivity index (χ4n) is 1.15. The molecule has 0 atom stereocenters. The maximum Gasteiger partial charge on any atom is 0.339 e. The van der Waals surface area contributed by atoms with Gasteiger partial charge in [0.1, 0.15) is 0 Å². The van der Waals surface area contributed by atoms with Crippen molar-refractivity contribution in [1.29, 1.82) is 0 Å². The van der Waals surface area contributed by atoms with Crippen molar-refractivity contribution < 1.29 is 9.90 Å². The van der Waals surface area contributed by atoms with Crippen molar-refractivity contribution in [3.63, 3.8) is 0 Å². The van der Waals surface area contributed by atoms with Crippen LogP contribution in [0.5, 0.6) is 0 Å². The molecule has 0 aromatic heterocycles. The van der Waals surface area contributed by atoms with Gasteiger partial charge < -0.3 is 10.8 Å². The summed E-state index contributed by atoms with van der Waals surface area (Å²) in [7, 11) is 1.54. The van der Waals surface area contributed by atoms with Crippen LogP contribution in [-0.4, -0.2) is 24.3 Å². The van der Waals surface area contributed by atoms with Gasteiger partial charge in [-0.15, -0.1) is 0 Å². The molecule has 72 valence electrons. The van der Waals surface area contributed by atoms with Gasteiger partial charge in [0.25, 0.3) is 0 Å². The van der Waals surface area contributed by atoms with E-state index in [4.69, 9.17) is 10.8 Å². The number of nitrogens with zero attached hydrogens (tertiary/aromatic N) is 1. The summed E-state index contributed by atoms with van der Waals surface area (Å²) in [5.41, 5.74) is 6.23. The highest BCUT2D eigenvalue weighted by Gasteiger charge is 2.23. The largest absolute Gasteiger partial charge is 0.478 e. The topological polar surface area (TPSA) is 75.7 Å². The molecular formula is C9H14N2O2. The first kappa shape index (κ1) is 9.77. The number of nitrogens with two attached hydrogens (primary N) is 1. The zero-order valence-corrected chi connectivity index (χ0v) is 7.66. The van der Waals surface area contributed by atoms with Crippen LogP contribution >= 0.6 is 0 Å². The summed E-state index contributed by atoms with van der Waals surface area (Å²) in [6.45, 7) is 0. The van der Waals surface area contributed by atoms with Crippen LogP contribution < -0.4 is 5.73 Å². The number of hydrogen-bond acceptors (Lipinski definition) is 3. The van der Waals surface area contributed by atoms with E-state index in [1.54, 1.807) is 0 Å². The average Bonchev–Trinajstić information content (AvgIpc) is 2.83. The average molecular weight is 182 g/mol. The molecule has 0 unspecified atom stereocenters. The lowest BCUT2D eigenvalue weighted by Gasteiger charge is -2.02. The van der Waals surface area contributed by atoms with Crippen LogP contribution in [0, 0.1) is 5.92 Å². The van der Waals surface area contributed by atoms with Gasteiger partial charge in [-0.2, -0.15) is 0 Å². The van der Waals surface area contributed by atoms with Gasteiger partial charge in [-0.1, -0.05) is 0 Å². The summed E-state index contributed by atoms with van der Waals surface area (Å²) in [6, 6.07) is 0. The molecule has 1 aliphatic rings. The molecule has 13 heavy (non-hydrogen) atoms. The fourth-order valence-corrected chi connectivity index (χ4v) is 1.15. The SMILES string of the molecule is CN=CC(C(=O)O)=C(N)CC1CC1. The lowest BCUT2D eigenvalue weighted by Crippen LogP contribution is -2.12. The van der Waals surface area contributed by atoms with E-state index in [9.17, 15) is 4.79 Å². The summed E-state index contributed by atoms with van der Waals surface area (Å²) in [6.07, 6.45) is 4.32. The van der Waals surface area contributed by atoms with Crippen LogP contribution in [0.15, 0.2) is 16.3 Å². The highest BCUT2D eigenvalue weighted by atomic mass is 16.4. The second kappa shape index (κ2) is 4.07. The number of aliphatic carboxylic acids is 1. The third kappa shape index (κ3) is 2.89. The predicted molar refractivity (Wildman–Crippen MR) is 50.6 cm³/mol. The van der Waals surface area contributed by atoms with E-state index in [0.717, 1.165) is 12.8 Å². The maximum absolute atomic E-state index is 10.7. The molecule has 0 bridgehead atoms. The second-order valence-electron chi connectivity index (χ2n) is 3.28. The van der Waals surface area contributed by atoms with Gasteiger partial charge in [0.05, 0.1) is 5.57 Å². The first-order chi connectivity index (χ1) is 6.15. The monoisotopic (exact) mass is 182 g/mol. The van der Waals surface area contributed by atoms with E-state index < -0.39 is 5.97 Å². The quantitative estimate of drug-likeness (QED) is 0.498. The molecule has 4 nitrogen and oxygen atoms in total. The normalized spacial score (nSPS) is 18.8. The first-order valence-corrected chi connectivity index (χ1v) is 4.29. The first-order valence-electron chi connectivity index (χ1n) is 4.29. The Hall–Kier alpha value is -1.32. The lowest BCUT2D eigenvalue weighted by molar-refractivity contribution is -0.132. The number of carboxylic acids is 1. The Balaban J connectivity index is 2.72. The summed E-state index contributed by atoms with van der Waals surface area (Å²) in [5.74, 6) is -0.400. The Morgan fingerprint density at radius 1 is 1.69 bits per heavy atom. The van der Waals surface area contributed by atoms with E-state index in [1.807, 2.05) is 0 Å². The van der Waals surface area contributed by atoms with Crippen LogP contribution in [0.2, 0.25) is 0 Å². The molecule has 3 N–H and O–H groups in total. The van der Waals surface area contributed by atoms with Gasteiger partial charge in [0.2, 0.25) is 0 Å². The standard InChI is InChI=1S/C9H14N2O2/c1-11-5-7(9(12)13)8(10)4-6-2-3-6/h5-6H,2-4,10H2,1H3,(H,12,13). The molecule has 1 rings (SSSR count). The molecule has 0 spiro atoms. The minimum Gasteiger partial charge on any atom is -0.478 e.